The molecular weight excluding hydrogens is 532 g/mol. The summed E-state index contributed by atoms with van der Waals surface area (Å²) in [5.41, 5.74) is 1.57. The summed E-state index contributed by atoms with van der Waals surface area (Å²) in [7, 11) is 0. The summed E-state index contributed by atoms with van der Waals surface area (Å²) in [5.74, 6) is 3.03. The monoisotopic (exact) mass is 576 g/mol. The number of ether oxygens (including phenoxy) is 1. The molecule has 0 aliphatic heterocycles. The highest BCUT2D eigenvalue weighted by Gasteiger charge is 2.63. The number of carbonyl (C=O) groups is 2. The van der Waals surface area contributed by atoms with Gasteiger partial charge in [-0.3, -0.25) is 4.79 Å². The van der Waals surface area contributed by atoms with Crippen molar-refractivity contribution in [3.63, 3.8) is 0 Å². The average molecular weight is 577 g/mol. The molecule has 1 aromatic rings. The Labute approximate surface area is 248 Å². The SMILES string of the molecule is C#C[C@@]1(O)CC[C@H]2[C@@H]3CCC4=C/C(=N/OCC(=O)N[C@@H](C(=O)OCC)[C@@H](O)c5ccccc5)CC[C@]4(C)[C@H]3CC[C@@]21C. The maximum absolute atomic E-state index is 12.7. The number of oxime groups is 1. The van der Waals surface area contributed by atoms with E-state index < -0.39 is 29.6 Å². The summed E-state index contributed by atoms with van der Waals surface area (Å²) in [6.07, 6.45) is 14.2. The van der Waals surface area contributed by atoms with E-state index in [2.05, 4.69) is 36.3 Å². The van der Waals surface area contributed by atoms with Crippen molar-refractivity contribution >= 4 is 17.6 Å². The van der Waals surface area contributed by atoms with Gasteiger partial charge >= 0.3 is 5.97 Å². The fourth-order valence-electron chi connectivity index (χ4n) is 8.63. The van der Waals surface area contributed by atoms with Crippen LogP contribution in [0.2, 0.25) is 0 Å². The van der Waals surface area contributed by atoms with Crippen LogP contribution in [0.4, 0.5) is 0 Å². The smallest absolute Gasteiger partial charge is 0.331 e. The molecule has 3 fully saturated rings. The zero-order valence-corrected chi connectivity index (χ0v) is 25.0. The minimum absolute atomic E-state index is 0.0813. The normalized spacial score (nSPS) is 35.9. The Morgan fingerprint density at radius 1 is 1.12 bits per heavy atom. The number of nitrogens with zero attached hydrogens (tertiary/aromatic N) is 1. The van der Waals surface area contributed by atoms with Crippen molar-refractivity contribution in [2.75, 3.05) is 13.2 Å². The standard InChI is InChI=1S/C34H44N2O6/c1-5-34(40)19-16-27-25-13-12-23-20-24(14-17-32(23,3)26(25)15-18-33(27,34)4)36-42-21-28(37)35-29(31(39)41-6-2)30(38)22-10-8-7-9-11-22/h1,7-11,20,25-27,29-30,38,40H,6,12-19,21H2,2-4H3,(H,35,37)/b36-24+/t25-,26+,27+,29-,30+,32+,33+,34-/m1/s1. The van der Waals surface area contributed by atoms with Crippen molar-refractivity contribution in [2.24, 2.45) is 33.7 Å². The second kappa shape index (κ2) is 11.9. The Kier molecular flexibility index (Phi) is 8.55. The van der Waals surface area contributed by atoms with E-state index in [9.17, 15) is 19.8 Å². The maximum Gasteiger partial charge on any atom is 0.331 e. The summed E-state index contributed by atoms with van der Waals surface area (Å²) in [6.45, 7) is 6.01. The topological polar surface area (TPSA) is 117 Å². The number of rotatable bonds is 8. The Morgan fingerprint density at radius 2 is 1.86 bits per heavy atom. The molecule has 0 heterocycles. The second-order valence-electron chi connectivity index (χ2n) is 13.0. The first-order chi connectivity index (χ1) is 20.1. The van der Waals surface area contributed by atoms with Gasteiger partial charge in [-0.05, 0) is 93.1 Å². The van der Waals surface area contributed by atoms with Crippen LogP contribution in [-0.4, -0.2) is 52.7 Å². The number of aliphatic hydroxyl groups is 2. The van der Waals surface area contributed by atoms with Crippen LogP contribution in [0.25, 0.3) is 0 Å². The van der Waals surface area contributed by atoms with Crippen molar-refractivity contribution in [1.29, 1.82) is 0 Å². The van der Waals surface area contributed by atoms with Gasteiger partial charge in [0.25, 0.3) is 5.91 Å². The van der Waals surface area contributed by atoms with E-state index in [1.165, 1.54) is 5.57 Å². The highest BCUT2D eigenvalue weighted by atomic mass is 16.6. The lowest BCUT2D eigenvalue weighted by atomic mass is 9.46. The third-order valence-corrected chi connectivity index (χ3v) is 11.1. The zero-order chi connectivity index (χ0) is 30.1. The summed E-state index contributed by atoms with van der Waals surface area (Å²) >= 11 is 0. The minimum Gasteiger partial charge on any atom is -0.464 e. The molecule has 1 amide bonds. The minimum atomic E-state index is -1.27. The molecule has 0 unspecified atom stereocenters. The lowest BCUT2D eigenvalue weighted by Gasteiger charge is -2.58. The quantitative estimate of drug-likeness (QED) is 0.239. The van der Waals surface area contributed by atoms with Gasteiger partial charge in [0.05, 0.1) is 12.3 Å². The van der Waals surface area contributed by atoms with Crippen LogP contribution in [0.3, 0.4) is 0 Å². The molecule has 4 aliphatic carbocycles. The summed E-state index contributed by atoms with van der Waals surface area (Å²) in [6, 6.07) is 7.39. The van der Waals surface area contributed by atoms with Crippen LogP contribution >= 0.6 is 0 Å². The van der Waals surface area contributed by atoms with Crippen LogP contribution in [0.15, 0.2) is 47.1 Å². The molecule has 3 saturated carbocycles. The van der Waals surface area contributed by atoms with Crippen LogP contribution in [0.5, 0.6) is 0 Å². The Balaban J connectivity index is 1.21. The van der Waals surface area contributed by atoms with Gasteiger partial charge in [-0.15, -0.1) is 6.42 Å². The molecule has 0 radical (unpaired) electrons. The van der Waals surface area contributed by atoms with Crippen molar-refractivity contribution in [3.8, 4) is 12.3 Å². The first-order valence-corrected chi connectivity index (χ1v) is 15.4. The number of nitrogens with one attached hydrogen (secondary N) is 1. The first-order valence-electron chi connectivity index (χ1n) is 15.4. The lowest BCUT2D eigenvalue weighted by molar-refractivity contribution is -0.151. The second-order valence-corrected chi connectivity index (χ2v) is 13.0. The van der Waals surface area contributed by atoms with Crippen LogP contribution in [0, 0.1) is 40.9 Å². The molecular formula is C34H44N2O6. The number of terminal acetylenes is 1. The van der Waals surface area contributed by atoms with Crippen LogP contribution < -0.4 is 5.32 Å². The number of allylic oxidation sites excluding steroid dienone is 2. The number of carbonyl (C=O) groups excluding carboxylic acids is 2. The molecule has 3 N–H and O–H groups in total. The molecule has 0 saturated heterocycles. The van der Waals surface area contributed by atoms with E-state index in [0.29, 0.717) is 29.7 Å². The van der Waals surface area contributed by atoms with Gasteiger partial charge in [-0.25, -0.2) is 4.79 Å². The number of fused-ring (bicyclic) bond motifs is 5. The van der Waals surface area contributed by atoms with E-state index >= 15 is 0 Å². The van der Waals surface area contributed by atoms with Gasteiger partial charge in [0.2, 0.25) is 0 Å². The molecule has 8 nitrogen and oxygen atoms in total. The fraction of sp³-hybridized carbons (Fsp3) is 0.618. The highest BCUT2D eigenvalue weighted by molar-refractivity contribution is 5.96. The van der Waals surface area contributed by atoms with Crippen molar-refractivity contribution in [1.82, 2.24) is 5.32 Å². The molecule has 1 aromatic carbocycles. The Hall–Kier alpha value is -3.15. The summed E-state index contributed by atoms with van der Waals surface area (Å²) < 4.78 is 5.08. The molecule has 0 aromatic heterocycles. The highest BCUT2D eigenvalue weighted by Crippen LogP contribution is 2.67. The van der Waals surface area contributed by atoms with E-state index in [0.717, 1.165) is 50.7 Å². The molecule has 5 rings (SSSR count). The molecule has 8 heteroatoms. The number of aliphatic hydroxyl groups excluding tert-OH is 1. The molecule has 8 atom stereocenters. The molecule has 0 spiro atoms. The Bertz CT molecular complexity index is 1290. The van der Waals surface area contributed by atoms with Crippen molar-refractivity contribution < 1.29 is 29.4 Å². The molecule has 0 bridgehead atoms. The Morgan fingerprint density at radius 3 is 2.57 bits per heavy atom. The van der Waals surface area contributed by atoms with Gasteiger partial charge in [-0.1, -0.05) is 60.8 Å². The van der Waals surface area contributed by atoms with Crippen molar-refractivity contribution in [2.45, 2.75) is 89.9 Å². The third kappa shape index (κ3) is 5.26. The first kappa shape index (κ1) is 30.3. The average Bonchev–Trinajstić information content (AvgIpc) is 3.27. The predicted molar refractivity (Wildman–Crippen MR) is 159 cm³/mol. The molecule has 226 valence electrons. The van der Waals surface area contributed by atoms with Gasteiger partial charge in [0.15, 0.2) is 12.6 Å². The largest absolute Gasteiger partial charge is 0.464 e. The third-order valence-electron chi connectivity index (χ3n) is 11.1. The van der Waals surface area contributed by atoms with Gasteiger partial charge in [0, 0.05) is 5.41 Å². The van der Waals surface area contributed by atoms with Gasteiger partial charge in [-0.2, -0.15) is 0 Å². The van der Waals surface area contributed by atoms with Crippen LogP contribution in [-0.2, 0) is 19.2 Å². The zero-order valence-electron chi connectivity index (χ0n) is 25.0. The number of amides is 1. The number of hydrogen-bond acceptors (Lipinski definition) is 7. The lowest BCUT2D eigenvalue weighted by Crippen LogP contribution is -2.54. The number of hydrogen-bond donors (Lipinski definition) is 3. The van der Waals surface area contributed by atoms with E-state index in [4.69, 9.17) is 16.0 Å². The number of esters is 1. The summed E-state index contributed by atoms with van der Waals surface area (Å²) in [4.78, 5) is 30.6. The maximum atomic E-state index is 12.7. The van der Waals surface area contributed by atoms with Gasteiger partial charge < -0.3 is 25.1 Å². The van der Waals surface area contributed by atoms with Gasteiger partial charge in [0.1, 0.15) is 11.7 Å². The van der Waals surface area contributed by atoms with Crippen LogP contribution in [0.1, 0.15) is 83.8 Å². The van der Waals surface area contributed by atoms with Crippen molar-refractivity contribution in [3.05, 3.63) is 47.5 Å². The fourth-order valence-corrected chi connectivity index (χ4v) is 8.63. The predicted octanol–water partition coefficient (Wildman–Crippen LogP) is 4.47. The van der Waals surface area contributed by atoms with E-state index in [-0.39, 0.29) is 24.0 Å². The molecule has 4 aliphatic rings. The molecule has 42 heavy (non-hydrogen) atoms. The number of benzene rings is 1. The summed E-state index contributed by atoms with van der Waals surface area (Å²) in [5, 5.41) is 28.8. The van der Waals surface area contributed by atoms with E-state index in [1.807, 2.05) is 0 Å². The van der Waals surface area contributed by atoms with E-state index in [1.54, 1.807) is 37.3 Å².